The predicted octanol–water partition coefficient (Wildman–Crippen LogP) is 3.95. The third kappa shape index (κ3) is 4.61. The molecule has 0 bridgehead atoms. The van der Waals surface area contributed by atoms with E-state index in [0.29, 0.717) is 40.4 Å². The zero-order valence-electron chi connectivity index (χ0n) is 15.7. The van der Waals surface area contributed by atoms with E-state index >= 15 is 0 Å². The molecular formula is C22H21ClN2O3. The molecule has 3 aromatic rings. The number of aromatic nitrogens is 1. The number of carbonyl (C=O) groups excluding carboxylic acids is 1. The topological polar surface area (TPSA) is 71.2 Å². The summed E-state index contributed by atoms with van der Waals surface area (Å²) in [6.45, 7) is 2.12. The lowest BCUT2D eigenvalue weighted by atomic mass is 10.1. The monoisotopic (exact) mass is 396 g/mol. The molecule has 1 amide bonds. The molecule has 0 aliphatic heterocycles. The van der Waals surface area contributed by atoms with Gasteiger partial charge in [0.15, 0.2) is 0 Å². The van der Waals surface area contributed by atoms with Gasteiger partial charge < -0.3 is 15.0 Å². The molecule has 0 saturated heterocycles. The summed E-state index contributed by atoms with van der Waals surface area (Å²) in [6.07, 6.45) is 2.24. The van der Waals surface area contributed by atoms with Gasteiger partial charge in [-0.25, -0.2) is 0 Å². The van der Waals surface area contributed by atoms with E-state index in [0.717, 1.165) is 10.9 Å². The van der Waals surface area contributed by atoms with E-state index in [1.54, 1.807) is 32.2 Å². The summed E-state index contributed by atoms with van der Waals surface area (Å²) in [6, 6.07) is 14.9. The van der Waals surface area contributed by atoms with Crippen molar-refractivity contribution in [3.63, 3.8) is 0 Å². The number of hydrogen-bond donors (Lipinski definition) is 2. The number of rotatable bonds is 6. The molecule has 0 atom stereocenters. The van der Waals surface area contributed by atoms with Crippen LogP contribution in [0.3, 0.4) is 0 Å². The van der Waals surface area contributed by atoms with Crippen LogP contribution in [0.25, 0.3) is 17.0 Å². The molecule has 3 rings (SSSR count). The molecule has 1 aromatic heterocycles. The van der Waals surface area contributed by atoms with Crippen molar-refractivity contribution in [1.29, 1.82) is 0 Å². The van der Waals surface area contributed by atoms with Gasteiger partial charge in [-0.05, 0) is 43.2 Å². The van der Waals surface area contributed by atoms with Crippen molar-refractivity contribution in [2.45, 2.75) is 13.3 Å². The van der Waals surface area contributed by atoms with E-state index in [1.807, 2.05) is 36.4 Å². The average molecular weight is 397 g/mol. The average Bonchev–Trinajstić information content (AvgIpc) is 2.68. The van der Waals surface area contributed by atoms with Crippen molar-refractivity contribution in [1.82, 2.24) is 10.3 Å². The second-order valence-electron chi connectivity index (χ2n) is 6.44. The first kappa shape index (κ1) is 19.7. The van der Waals surface area contributed by atoms with Crippen molar-refractivity contribution in [2.24, 2.45) is 0 Å². The fourth-order valence-electron chi connectivity index (χ4n) is 2.91. The van der Waals surface area contributed by atoms with Gasteiger partial charge in [0.25, 0.3) is 5.56 Å². The van der Waals surface area contributed by atoms with E-state index in [4.69, 9.17) is 16.3 Å². The Morgan fingerprint density at radius 2 is 1.96 bits per heavy atom. The Labute approximate surface area is 168 Å². The number of halogens is 1. The van der Waals surface area contributed by atoms with E-state index in [2.05, 4.69) is 10.3 Å². The second kappa shape index (κ2) is 8.76. The molecule has 2 aromatic carbocycles. The summed E-state index contributed by atoms with van der Waals surface area (Å²) in [5.74, 6) is 0.386. The molecule has 0 fully saturated rings. The molecule has 0 aliphatic carbocycles. The molecule has 6 heteroatoms. The lowest BCUT2D eigenvalue weighted by Crippen LogP contribution is -2.28. The summed E-state index contributed by atoms with van der Waals surface area (Å²) >= 11 is 6.10. The number of fused-ring (bicyclic) bond motifs is 1. The Hall–Kier alpha value is -3.05. The van der Waals surface area contributed by atoms with Crippen LogP contribution >= 0.6 is 11.6 Å². The normalized spacial score (nSPS) is 11.5. The van der Waals surface area contributed by atoms with Gasteiger partial charge in [-0.1, -0.05) is 41.9 Å². The molecule has 1 heterocycles. The fourth-order valence-corrected chi connectivity index (χ4v) is 3.15. The first-order chi connectivity index (χ1) is 13.5. The van der Waals surface area contributed by atoms with Crippen LogP contribution < -0.4 is 15.6 Å². The molecule has 5 nitrogen and oxygen atoms in total. The van der Waals surface area contributed by atoms with Gasteiger partial charge in [0.2, 0.25) is 5.91 Å². The van der Waals surface area contributed by atoms with Gasteiger partial charge in [-0.3, -0.25) is 9.59 Å². The van der Waals surface area contributed by atoms with Crippen LogP contribution in [-0.2, 0) is 11.2 Å². The lowest BCUT2D eigenvalue weighted by Gasteiger charge is -2.08. The molecule has 0 radical (unpaired) electrons. The number of benzene rings is 2. The highest BCUT2D eigenvalue weighted by Crippen LogP contribution is 2.28. The number of hydrogen-bond acceptors (Lipinski definition) is 3. The minimum absolute atomic E-state index is 0.158. The first-order valence-corrected chi connectivity index (χ1v) is 9.26. The van der Waals surface area contributed by atoms with Gasteiger partial charge in [-0.2, -0.15) is 0 Å². The first-order valence-electron chi connectivity index (χ1n) is 8.89. The number of nitrogens with one attached hydrogen (secondary N) is 2. The van der Waals surface area contributed by atoms with Crippen LogP contribution in [-0.4, -0.2) is 24.5 Å². The van der Waals surface area contributed by atoms with Crippen molar-refractivity contribution < 1.29 is 9.53 Å². The summed E-state index contributed by atoms with van der Waals surface area (Å²) in [5.41, 5.74) is 2.61. The van der Waals surface area contributed by atoms with Crippen LogP contribution in [0, 0.1) is 0 Å². The molecule has 28 heavy (non-hydrogen) atoms. The Balaban J connectivity index is 1.69. The molecule has 0 unspecified atom stereocenters. The highest BCUT2D eigenvalue weighted by Gasteiger charge is 2.09. The van der Waals surface area contributed by atoms with E-state index in [-0.39, 0.29) is 11.5 Å². The number of H-pyrrole nitrogens is 1. The summed E-state index contributed by atoms with van der Waals surface area (Å²) in [7, 11) is 1.54. The van der Waals surface area contributed by atoms with Crippen LogP contribution in [0.15, 0.2) is 58.9 Å². The number of carbonyl (C=O) groups is 1. The van der Waals surface area contributed by atoms with Crippen LogP contribution in [0.1, 0.15) is 18.1 Å². The van der Waals surface area contributed by atoms with Gasteiger partial charge in [0.05, 0.1) is 17.6 Å². The van der Waals surface area contributed by atoms with E-state index in [9.17, 15) is 9.59 Å². The van der Waals surface area contributed by atoms with Gasteiger partial charge in [0, 0.05) is 23.1 Å². The molecular weight excluding hydrogens is 376 g/mol. The van der Waals surface area contributed by atoms with Crippen molar-refractivity contribution >= 4 is 34.5 Å². The largest absolute Gasteiger partial charge is 0.495 e. The molecule has 2 N–H and O–H groups in total. The van der Waals surface area contributed by atoms with Crippen molar-refractivity contribution in [3.05, 3.63) is 80.6 Å². The summed E-state index contributed by atoms with van der Waals surface area (Å²) < 4.78 is 5.22. The highest BCUT2D eigenvalue weighted by atomic mass is 35.5. The quantitative estimate of drug-likeness (QED) is 0.620. The zero-order valence-corrected chi connectivity index (χ0v) is 16.5. The van der Waals surface area contributed by atoms with Crippen LogP contribution in [0.4, 0.5) is 0 Å². The second-order valence-corrected chi connectivity index (χ2v) is 6.85. The molecule has 0 saturated carbocycles. The van der Waals surface area contributed by atoms with Gasteiger partial charge in [-0.15, -0.1) is 0 Å². The minimum atomic E-state index is -0.195. The van der Waals surface area contributed by atoms with E-state index in [1.165, 1.54) is 0 Å². The van der Waals surface area contributed by atoms with Crippen LogP contribution in [0.2, 0.25) is 5.02 Å². The molecule has 0 spiro atoms. The third-order valence-corrected chi connectivity index (χ3v) is 4.71. The number of amides is 1. The Kier molecular flexibility index (Phi) is 6.16. The standard InChI is InChI=1S/C22H21ClN2O3/c1-14(10-15-6-4-3-5-7-15)21(26)24-9-8-16-11-17-12-20(28-2)18(23)13-19(17)25-22(16)27/h3-7,10-13H,8-9H2,1-2H3,(H,24,26)(H,25,27)/b14-10+. The minimum Gasteiger partial charge on any atom is -0.495 e. The summed E-state index contributed by atoms with van der Waals surface area (Å²) in [5, 5.41) is 4.11. The van der Waals surface area contributed by atoms with Gasteiger partial charge in [0.1, 0.15) is 5.75 Å². The van der Waals surface area contributed by atoms with Crippen LogP contribution in [0.5, 0.6) is 5.75 Å². The maximum absolute atomic E-state index is 12.3. The van der Waals surface area contributed by atoms with E-state index < -0.39 is 0 Å². The third-order valence-electron chi connectivity index (χ3n) is 4.41. The molecule has 144 valence electrons. The van der Waals surface area contributed by atoms with Crippen molar-refractivity contribution in [2.75, 3.05) is 13.7 Å². The fraction of sp³-hybridized carbons (Fsp3) is 0.182. The van der Waals surface area contributed by atoms with Gasteiger partial charge >= 0.3 is 0 Å². The van der Waals surface area contributed by atoms with Crippen molar-refractivity contribution in [3.8, 4) is 5.75 Å². The summed E-state index contributed by atoms with van der Waals surface area (Å²) in [4.78, 5) is 27.4. The number of aromatic amines is 1. The zero-order chi connectivity index (χ0) is 20.1. The molecule has 0 aliphatic rings. The Morgan fingerprint density at radius 3 is 2.68 bits per heavy atom. The maximum atomic E-state index is 12.3. The highest BCUT2D eigenvalue weighted by molar-refractivity contribution is 6.32. The Bertz CT molecular complexity index is 1090. The number of methoxy groups -OCH3 is 1. The smallest absolute Gasteiger partial charge is 0.251 e. The number of ether oxygens (including phenoxy) is 1. The lowest BCUT2D eigenvalue weighted by molar-refractivity contribution is -0.117. The number of pyridine rings is 1. The Morgan fingerprint density at radius 1 is 1.21 bits per heavy atom. The predicted molar refractivity (Wildman–Crippen MR) is 113 cm³/mol. The SMILES string of the molecule is COc1cc2cc(CCNC(=O)/C(C)=C/c3ccccc3)c(=O)[nH]c2cc1Cl. The maximum Gasteiger partial charge on any atom is 0.251 e.